The van der Waals surface area contributed by atoms with Gasteiger partial charge in [0.2, 0.25) is 0 Å². The molecular weight excluding hydrogens is 280 g/mol. The number of rotatable bonds is 3. The summed E-state index contributed by atoms with van der Waals surface area (Å²) in [5.74, 6) is -0.456. The van der Waals surface area contributed by atoms with Crippen LogP contribution in [0.1, 0.15) is 32.6 Å². The van der Waals surface area contributed by atoms with Crippen molar-refractivity contribution in [3.63, 3.8) is 0 Å². The second-order valence-corrected chi connectivity index (χ2v) is 8.53. The van der Waals surface area contributed by atoms with E-state index < -0.39 is 21.6 Å². The third-order valence-corrected chi connectivity index (χ3v) is 7.22. The normalized spacial score (nSPS) is 39.2. The van der Waals surface area contributed by atoms with Crippen LogP contribution in [-0.2, 0) is 15.0 Å². The molecule has 0 aromatic carbocycles. The summed E-state index contributed by atoms with van der Waals surface area (Å²) >= 11 is 0. The second-order valence-electron chi connectivity index (χ2n) is 6.60. The van der Waals surface area contributed by atoms with Crippen LogP contribution in [0.25, 0.3) is 0 Å². The van der Waals surface area contributed by atoms with E-state index in [1.165, 1.54) is 8.61 Å². The van der Waals surface area contributed by atoms with Crippen molar-refractivity contribution in [2.45, 2.75) is 32.6 Å². The third-order valence-electron chi connectivity index (χ3n) is 5.30. The molecule has 2 saturated heterocycles. The van der Waals surface area contributed by atoms with Crippen LogP contribution in [-0.4, -0.2) is 54.3 Å². The van der Waals surface area contributed by atoms with Crippen LogP contribution in [0.3, 0.4) is 0 Å². The maximum atomic E-state index is 12.6. The SMILES string of the molecule is CC1CCN(S(=O)(=O)N2C[C@@H]3CCC[C@@]3(C(=O)O)C2)C1. The zero-order valence-electron chi connectivity index (χ0n) is 11.8. The van der Waals surface area contributed by atoms with Gasteiger partial charge in [-0.2, -0.15) is 17.0 Å². The number of aliphatic carboxylic acids is 1. The Morgan fingerprint density at radius 3 is 2.55 bits per heavy atom. The van der Waals surface area contributed by atoms with Gasteiger partial charge in [0.25, 0.3) is 10.2 Å². The maximum Gasteiger partial charge on any atom is 0.311 e. The molecule has 0 aromatic heterocycles. The van der Waals surface area contributed by atoms with Crippen LogP contribution in [0, 0.1) is 17.3 Å². The lowest BCUT2D eigenvalue weighted by atomic mass is 9.81. The van der Waals surface area contributed by atoms with Gasteiger partial charge in [-0.25, -0.2) is 0 Å². The average Bonchev–Trinajstić information content (AvgIpc) is 3.00. The Morgan fingerprint density at radius 1 is 1.25 bits per heavy atom. The molecule has 3 atom stereocenters. The Bertz CT molecular complexity index is 520. The van der Waals surface area contributed by atoms with Crippen molar-refractivity contribution in [1.82, 2.24) is 8.61 Å². The predicted molar refractivity (Wildman–Crippen MR) is 73.3 cm³/mol. The molecule has 7 heteroatoms. The molecular formula is C13H22N2O4S. The van der Waals surface area contributed by atoms with Gasteiger partial charge >= 0.3 is 5.97 Å². The van der Waals surface area contributed by atoms with Crippen molar-refractivity contribution < 1.29 is 18.3 Å². The molecule has 20 heavy (non-hydrogen) atoms. The number of carboxylic acids is 1. The van der Waals surface area contributed by atoms with Gasteiger partial charge in [0.15, 0.2) is 0 Å². The molecule has 0 aromatic rings. The van der Waals surface area contributed by atoms with Crippen LogP contribution in [0.15, 0.2) is 0 Å². The first-order chi connectivity index (χ1) is 9.36. The molecule has 1 unspecified atom stereocenters. The molecule has 2 aliphatic heterocycles. The minimum absolute atomic E-state index is 0.0187. The van der Waals surface area contributed by atoms with Gasteiger partial charge in [-0.3, -0.25) is 4.79 Å². The molecule has 3 rings (SSSR count). The maximum absolute atomic E-state index is 12.6. The number of hydrogen-bond acceptors (Lipinski definition) is 3. The van der Waals surface area contributed by atoms with Crippen molar-refractivity contribution in [2.75, 3.05) is 26.2 Å². The average molecular weight is 302 g/mol. The lowest BCUT2D eigenvalue weighted by Gasteiger charge is -2.26. The molecule has 114 valence electrons. The van der Waals surface area contributed by atoms with Crippen LogP contribution in [0.5, 0.6) is 0 Å². The lowest BCUT2D eigenvalue weighted by Crippen LogP contribution is -2.43. The molecule has 6 nitrogen and oxygen atoms in total. The Morgan fingerprint density at radius 2 is 2.00 bits per heavy atom. The van der Waals surface area contributed by atoms with Gasteiger partial charge in [-0.15, -0.1) is 0 Å². The molecule has 1 saturated carbocycles. The number of nitrogens with zero attached hydrogens (tertiary/aromatic N) is 2. The molecule has 1 N–H and O–H groups in total. The smallest absolute Gasteiger partial charge is 0.311 e. The van der Waals surface area contributed by atoms with Crippen molar-refractivity contribution in [1.29, 1.82) is 0 Å². The topological polar surface area (TPSA) is 77.9 Å². The molecule has 0 spiro atoms. The summed E-state index contributed by atoms with van der Waals surface area (Å²) in [6.45, 7) is 3.70. The van der Waals surface area contributed by atoms with E-state index in [2.05, 4.69) is 0 Å². The second kappa shape index (κ2) is 4.68. The predicted octanol–water partition coefficient (Wildman–Crippen LogP) is 0.760. The number of fused-ring (bicyclic) bond motifs is 1. The van der Waals surface area contributed by atoms with E-state index >= 15 is 0 Å². The summed E-state index contributed by atoms with van der Waals surface area (Å²) in [6, 6.07) is 0. The number of carbonyl (C=O) groups is 1. The first-order valence-corrected chi connectivity index (χ1v) is 8.74. The van der Waals surface area contributed by atoms with Gasteiger partial charge in [0, 0.05) is 26.2 Å². The van der Waals surface area contributed by atoms with Crippen molar-refractivity contribution in [2.24, 2.45) is 17.3 Å². The highest BCUT2D eigenvalue weighted by atomic mass is 32.2. The summed E-state index contributed by atoms with van der Waals surface area (Å²) in [5, 5.41) is 9.53. The largest absolute Gasteiger partial charge is 0.481 e. The molecule has 0 amide bonds. The minimum atomic E-state index is -3.48. The Balaban J connectivity index is 1.81. The molecule has 2 heterocycles. The van der Waals surface area contributed by atoms with Crippen molar-refractivity contribution in [3.05, 3.63) is 0 Å². The fourth-order valence-electron chi connectivity index (χ4n) is 4.04. The molecule has 0 bridgehead atoms. The van der Waals surface area contributed by atoms with E-state index in [-0.39, 0.29) is 12.5 Å². The van der Waals surface area contributed by atoms with Gasteiger partial charge in [0.1, 0.15) is 0 Å². The van der Waals surface area contributed by atoms with E-state index in [0.717, 1.165) is 19.3 Å². The summed E-state index contributed by atoms with van der Waals surface area (Å²) in [5.41, 5.74) is -0.835. The monoisotopic (exact) mass is 302 g/mol. The Hall–Kier alpha value is -0.660. The molecule has 3 fully saturated rings. The van der Waals surface area contributed by atoms with E-state index in [4.69, 9.17) is 0 Å². The van der Waals surface area contributed by atoms with E-state index in [0.29, 0.717) is 32.0 Å². The van der Waals surface area contributed by atoms with Crippen LogP contribution in [0.2, 0.25) is 0 Å². The standard InChI is InChI=1S/C13H22N2O4S/c1-10-4-6-14(7-10)20(18,19)15-8-11-3-2-5-13(11,9-15)12(16)17/h10-11H,2-9H2,1H3,(H,16,17)/t10?,11-,13+/m0/s1. The zero-order chi connectivity index (χ0) is 14.5. The highest BCUT2D eigenvalue weighted by molar-refractivity contribution is 7.86. The summed E-state index contributed by atoms with van der Waals surface area (Å²) in [7, 11) is -3.48. The highest BCUT2D eigenvalue weighted by Gasteiger charge is 2.57. The minimum Gasteiger partial charge on any atom is -0.481 e. The number of hydrogen-bond donors (Lipinski definition) is 1. The quantitative estimate of drug-likeness (QED) is 0.835. The number of carboxylic acid groups (broad SMARTS) is 1. The van der Waals surface area contributed by atoms with Gasteiger partial charge < -0.3 is 5.11 Å². The van der Waals surface area contributed by atoms with E-state index in [1.807, 2.05) is 6.92 Å². The van der Waals surface area contributed by atoms with Crippen LogP contribution in [0.4, 0.5) is 0 Å². The highest BCUT2D eigenvalue weighted by Crippen LogP contribution is 2.49. The molecule has 3 aliphatic rings. The van der Waals surface area contributed by atoms with Gasteiger partial charge in [0.05, 0.1) is 5.41 Å². The van der Waals surface area contributed by atoms with Gasteiger partial charge in [-0.1, -0.05) is 13.3 Å². The van der Waals surface area contributed by atoms with Gasteiger partial charge in [-0.05, 0) is 31.1 Å². The first-order valence-electron chi connectivity index (χ1n) is 7.35. The lowest BCUT2D eigenvalue weighted by molar-refractivity contribution is -0.149. The van der Waals surface area contributed by atoms with Crippen LogP contribution < -0.4 is 0 Å². The summed E-state index contributed by atoms with van der Waals surface area (Å²) in [6.07, 6.45) is 3.22. The zero-order valence-corrected chi connectivity index (χ0v) is 12.6. The Labute approximate surface area is 119 Å². The van der Waals surface area contributed by atoms with E-state index in [1.54, 1.807) is 0 Å². The summed E-state index contributed by atoms with van der Waals surface area (Å²) in [4.78, 5) is 11.6. The third kappa shape index (κ3) is 1.98. The fraction of sp³-hybridized carbons (Fsp3) is 0.923. The molecule has 1 aliphatic carbocycles. The fourth-order valence-corrected chi connectivity index (χ4v) is 5.90. The summed E-state index contributed by atoms with van der Waals surface area (Å²) < 4.78 is 28.2. The van der Waals surface area contributed by atoms with Crippen molar-refractivity contribution in [3.8, 4) is 0 Å². The van der Waals surface area contributed by atoms with Crippen LogP contribution >= 0.6 is 0 Å². The Kier molecular flexibility index (Phi) is 3.34. The van der Waals surface area contributed by atoms with Crippen molar-refractivity contribution >= 4 is 16.2 Å². The van der Waals surface area contributed by atoms with E-state index in [9.17, 15) is 18.3 Å². The first kappa shape index (κ1) is 14.3. The molecule has 0 radical (unpaired) electrons.